The molecule has 0 radical (unpaired) electrons. The van der Waals surface area contributed by atoms with Gasteiger partial charge in [-0.15, -0.1) is 0 Å². The molecule has 2 aliphatic heterocycles. The lowest BCUT2D eigenvalue weighted by Gasteiger charge is -2.39. The number of ether oxygens (including phenoxy) is 1. The number of nitrogens with zero attached hydrogens (tertiary/aromatic N) is 2. The Kier molecular flexibility index (Phi) is 5.51. The van der Waals surface area contributed by atoms with Crippen LogP contribution in [0, 0.1) is 5.92 Å². The molecule has 2 aliphatic rings. The Morgan fingerprint density at radius 3 is 2.43 bits per heavy atom. The summed E-state index contributed by atoms with van der Waals surface area (Å²) in [5, 5.41) is 9.62. The monoisotopic (exact) mass is 310 g/mol. The first-order chi connectivity index (χ1) is 9.78. The highest BCUT2D eigenvalue weighted by Crippen LogP contribution is 2.31. The summed E-state index contributed by atoms with van der Waals surface area (Å²) >= 11 is 0. The van der Waals surface area contributed by atoms with Gasteiger partial charge >= 0.3 is 6.18 Å². The number of piperidine rings is 1. The maximum Gasteiger partial charge on any atom is 0.418 e. The van der Waals surface area contributed by atoms with E-state index >= 15 is 0 Å². The van der Waals surface area contributed by atoms with Crippen molar-refractivity contribution in [1.82, 2.24) is 9.80 Å². The Balaban J connectivity index is 1.83. The van der Waals surface area contributed by atoms with E-state index < -0.39 is 11.8 Å². The largest absolute Gasteiger partial charge is 0.418 e. The third-order valence-electron chi connectivity index (χ3n) is 4.37. The molecule has 0 aliphatic carbocycles. The quantitative estimate of drug-likeness (QED) is 0.850. The summed E-state index contributed by atoms with van der Waals surface area (Å²) in [5.74, 6) is 0.376. The first kappa shape index (κ1) is 17.0. The molecule has 2 rings (SSSR count). The third kappa shape index (κ3) is 4.81. The average molecular weight is 310 g/mol. The third-order valence-corrected chi connectivity index (χ3v) is 4.37. The van der Waals surface area contributed by atoms with E-state index in [1.54, 1.807) is 4.90 Å². The SMILES string of the molecule is C[C@@](O)(CN1CCC[C@@H](CN2CCOCC2)C1)C(F)(F)F. The molecule has 2 atom stereocenters. The van der Waals surface area contributed by atoms with Crippen molar-refractivity contribution in [2.75, 3.05) is 52.5 Å². The lowest BCUT2D eigenvalue weighted by atomic mass is 9.95. The summed E-state index contributed by atoms with van der Waals surface area (Å²) in [6, 6.07) is 0. The van der Waals surface area contributed by atoms with Gasteiger partial charge in [0.1, 0.15) is 0 Å². The maximum absolute atomic E-state index is 12.8. The van der Waals surface area contributed by atoms with Crippen LogP contribution in [-0.2, 0) is 4.74 Å². The Morgan fingerprint density at radius 2 is 1.81 bits per heavy atom. The molecule has 0 unspecified atom stereocenters. The van der Waals surface area contributed by atoms with Gasteiger partial charge < -0.3 is 9.84 Å². The van der Waals surface area contributed by atoms with Crippen LogP contribution in [0.15, 0.2) is 0 Å². The zero-order valence-corrected chi connectivity index (χ0v) is 12.5. The second-order valence-electron chi connectivity index (χ2n) is 6.43. The molecule has 1 N–H and O–H groups in total. The van der Waals surface area contributed by atoms with E-state index in [2.05, 4.69) is 4.90 Å². The van der Waals surface area contributed by atoms with Crippen molar-refractivity contribution in [1.29, 1.82) is 0 Å². The van der Waals surface area contributed by atoms with Crippen molar-refractivity contribution in [3.05, 3.63) is 0 Å². The molecule has 0 aromatic heterocycles. The number of likely N-dealkylation sites (tertiary alicyclic amines) is 1. The number of aliphatic hydroxyl groups is 1. The van der Waals surface area contributed by atoms with Crippen LogP contribution in [0.4, 0.5) is 13.2 Å². The van der Waals surface area contributed by atoms with E-state index in [1.165, 1.54) is 0 Å². The van der Waals surface area contributed by atoms with Gasteiger partial charge in [0.05, 0.1) is 13.2 Å². The molecule has 2 fully saturated rings. The summed E-state index contributed by atoms with van der Waals surface area (Å²) < 4.78 is 43.6. The minimum absolute atomic E-state index is 0.337. The van der Waals surface area contributed by atoms with Gasteiger partial charge in [-0.1, -0.05) is 0 Å². The van der Waals surface area contributed by atoms with Crippen LogP contribution < -0.4 is 0 Å². The van der Waals surface area contributed by atoms with E-state index in [-0.39, 0.29) is 6.54 Å². The smallest absolute Gasteiger partial charge is 0.380 e. The predicted molar refractivity (Wildman–Crippen MR) is 73.1 cm³/mol. The zero-order valence-electron chi connectivity index (χ0n) is 12.5. The molecule has 0 bridgehead atoms. The van der Waals surface area contributed by atoms with E-state index in [4.69, 9.17) is 4.74 Å². The van der Waals surface area contributed by atoms with Crippen molar-refractivity contribution < 1.29 is 23.0 Å². The lowest BCUT2D eigenvalue weighted by molar-refractivity contribution is -0.258. The Morgan fingerprint density at radius 1 is 1.14 bits per heavy atom. The molecule has 0 saturated carbocycles. The second kappa shape index (κ2) is 6.81. The topological polar surface area (TPSA) is 35.9 Å². The molecular formula is C14H25F3N2O2. The number of halogens is 3. The normalized spacial score (nSPS) is 29.3. The van der Waals surface area contributed by atoms with E-state index in [1.807, 2.05) is 0 Å². The number of morpholine rings is 1. The van der Waals surface area contributed by atoms with Crippen molar-refractivity contribution in [2.24, 2.45) is 5.92 Å². The van der Waals surface area contributed by atoms with Crippen LogP contribution in [0.5, 0.6) is 0 Å². The van der Waals surface area contributed by atoms with E-state index in [0.717, 1.165) is 52.6 Å². The predicted octanol–water partition coefficient (Wildman–Crippen LogP) is 1.34. The van der Waals surface area contributed by atoms with Gasteiger partial charge in [-0.25, -0.2) is 0 Å². The van der Waals surface area contributed by atoms with Crippen molar-refractivity contribution in [2.45, 2.75) is 31.5 Å². The number of rotatable bonds is 4. The minimum atomic E-state index is -4.58. The van der Waals surface area contributed by atoms with Crippen LogP contribution >= 0.6 is 0 Å². The average Bonchev–Trinajstić information content (AvgIpc) is 2.38. The van der Waals surface area contributed by atoms with Crippen LogP contribution in [0.2, 0.25) is 0 Å². The standard InChI is InChI=1S/C14H25F3N2O2/c1-13(20,14(15,16)17)11-19-4-2-3-12(10-19)9-18-5-7-21-8-6-18/h12,20H,2-11H2,1H3/t12-,13+/m0/s1. The number of β-amino-alcohol motifs (C(OH)–C–C–N with tert-alkyl or cyclic N) is 1. The highest BCUT2D eigenvalue weighted by molar-refractivity contribution is 4.87. The number of alkyl halides is 3. The van der Waals surface area contributed by atoms with Gasteiger partial charge in [-0.3, -0.25) is 9.80 Å². The molecule has 21 heavy (non-hydrogen) atoms. The molecule has 2 saturated heterocycles. The summed E-state index contributed by atoms with van der Waals surface area (Å²) in [7, 11) is 0. The summed E-state index contributed by atoms with van der Waals surface area (Å²) in [4.78, 5) is 4.07. The van der Waals surface area contributed by atoms with Crippen molar-refractivity contribution >= 4 is 0 Å². The van der Waals surface area contributed by atoms with Gasteiger partial charge in [0.2, 0.25) is 0 Å². The molecule has 0 aromatic carbocycles. The van der Waals surface area contributed by atoms with Crippen LogP contribution in [0.3, 0.4) is 0 Å². The molecule has 4 nitrogen and oxygen atoms in total. The fourth-order valence-corrected chi connectivity index (χ4v) is 3.12. The lowest BCUT2D eigenvalue weighted by Crippen LogP contribution is -2.54. The van der Waals surface area contributed by atoms with Crippen LogP contribution in [0.1, 0.15) is 19.8 Å². The fraction of sp³-hybridized carbons (Fsp3) is 1.00. The van der Waals surface area contributed by atoms with Crippen LogP contribution in [0.25, 0.3) is 0 Å². The van der Waals surface area contributed by atoms with Gasteiger partial charge in [0.15, 0.2) is 5.60 Å². The molecule has 2 heterocycles. The highest BCUT2D eigenvalue weighted by atomic mass is 19.4. The van der Waals surface area contributed by atoms with Crippen molar-refractivity contribution in [3.8, 4) is 0 Å². The van der Waals surface area contributed by atoms with Gasteiger partial charge in [-0.05, 0) is 32.2 Å². The minimum Gasteiger partial charge on any atom is -0.380 e. The Bertz CT molecular complexity index is 331. The molecule has 124 valence electrons. The fourth-order valence-electron chi connectivity index (χ4n) is 3.12. The first-order valence-corrected chi connectivity index (χ1v) is 7.59. The van der Waals surface area contributed by atoms with Gasteiger partial charge in [-0.2, -0.15) is 13.2 Å². The Hall–Kier alpha value is -0.370. The molecule has 0 aromatic rings. The van der Waals surface area contributed by atoms with Gasteiger partial charge in [0, 0.05) is 32.7 Å². The van der Waals surface area contributed by atoms with Crippen molar-refractivity contribution in [3.63, 3.8) is 0 Å². The Labute approximate surface area is 123 Å². The number of hydrogen-bond acceptors (Lipinski definition) is 4. The number of hydrogen-bond donors (Lipinski definition) is 1. The molecule has 0 spiro atoms. The molecule has 7 heteroatoms. The molecular weight excluding hydrogens is 285 g/mol. The first-order valence-electron chi connectivity index (χ1n) is 7.59. The maximum atomic E-state index is 12.8. The van der Waals surface area contributed by atoms with Gasteiger partial charge in [0.25, 0.3) is 0 Å². The summed E-state index contributed by atoms with van der Waals surface area (Å²) in [6.45, 7) is 5.96. The molecule has 0 amide bonds. The zero-order chi connectivity index (χ0) is 15.5. The van der Waals surface area contributed by atoms with E-state index in [0.29, 0.717) is 19.0 Å². The van der Waals surface area contributed by atoms with E-state index in [9.17, 15) is 18.3 Å². The van der Waals surface area contributed by atoms with Crippen LogP contribution in [-0.4, -0.2) is 79.2 Å². The highest BCUT2D eigenvalue weighted by Gasteiger charge is 2.50. The second-order valence-corrected chi connectivity index (χ2v) is 6.43. The summed E-state index contributed by atoms with van der Waals surface area (Å²) in [5.41, 5.74) is -2.63. The summed E-state index contributed by atoms with van der Waals surface area (Å²) in [6.07, 6.45) is -2.64.